The molecule has 0 spiro atoms. The van der Waals surface area contributed by atoms with Crippen molar-refractivity contribution in [3.63, 3.8) is 0 Å². The van der Waals surface area contributed by atoms with E-state index in [0.717, 1.165) is 18.8 Å². The van der Waals surface area contributed by atoms with Gasteiger partial charge in [0.1, 0.15) is 5.15 Å². The number of carbonyl (C=O) groups is 1. The van der Waals surface area contributed by atoms with Crippen LogP contribution in [0.3, 0.4) is 0 Å². The summed E-state index contributed by atoms with van der Waals surface area (Å²) in [5.74, 6) is 2.63. The molecule has 1 aliphatic rings. The van der Waals surface area contributed by atoms with E-state index in [4.69, 9.17) is 18.0 Å². The Hall–Kier alpha value is -1.57. The van der Waals surface area contributed by atoms with Gasteiger partial charge in [0.15, 0.2) is 0 Å². The maximum Gasteiger partial charge on any atom is 0.254 e. The molecule has 0 bridgehead atoms. The van der Waals surface area contributed by atoms with Crippen LogP contribution in [0.25, 0.3) is 0 Å². The van der Waals surface area contributed by atoms with Gasteiger partial charge >= 0.3 is 0 Å². The second-order valence-electron chi connectivity index (χ2n) is 4.59. The molecule has 4 nitrogen and oxygen atoms in total. The van der Waals surface area contributed by atoms with Crippen molar-refractivity contribution < 1.29 is 4.79 Å². The summed E-state index contributed by atoms with van der Waals surface area (Å²) in [4.78, 5) is 20.4. The molecular formula is C14H16ClN3O. The Labute approximate surface area is 118 Å². The Bertz CT molecular complexity index is 496. The Balaban J connectivity index is 2.03. The number of piperazine rings is 1. The van der Waals surface area contributed by atoms with Crippen molar-refractivity contribution in [2.24, 2.45) is 0 Å². The molecule has 0 aromatic carbocycles. The Morgan fingerprint density at radius 2 is 2.11 bits per heavy atom. The average Bonchev–Trinajstić information content (AvgIpc) is 2.38. The first-order valence-electron chi connectivity index (χ1n) is 6.19. The highest BCUT2D eigenvalue weighted by Gasteiger charge is 2.22. The van der Waals surface area contributed by atoms with Gasteiger partial charge in [-0.3, -0.25) is 9.69 Å². The minimum atomic E-state index is 0.00718. The van der Waals surface area contributed by atoms with Crippen LogP contribution in [0, 0.1) is 19.3 Å². The number of amides is 1. The highest BCUT2D eigenvalue weighted by atomic mass is 35.5. The third-order valence-electron chi connectivity index (χ3n) is 3.14. The van der Waals surface area contributed by atoms with Gasteiger partial charge in [-0.05, 0) is 19.1 Å². The van der Waals surface area contributed by atoms with E-state index >= 15 is 0 Å². The van der Waals surface area contributed by atoms with Gasteiger partial charge in [-0.25, -0.2) is 4.98 Å². The summed E-state index contributed by atoms with van der Waals surface area (Å²) in [6.45, 7) is 5.48. The van der Waals surface area contributed by atoms with Crippen LogP contribution in [0.15, 0.2) is 12.1 Å². The molecule has 1 aromatic heterocycles. The topological polar surface area (TPSA) is 36.4 Å². The fourth-order valence-electron chi connectivity index (χ4n) is 2.17. The van der Waals surface area contributed by atoms with Gasteiger partial charge in [-0.15, -0.1) is 6.42 Å². The van der Waals surface area contributed by atoms with Crippen LogP contribution in [-0.4, -0.2) is 53.4 Å². The van der Waals surface area contributed by atoms with Crippen LogP contribution in [0.2, 0.25) is 5.15 Å². The van der Waals surface area contributed by atoms with E-state index in [1.165, 1.54) is 0 Å². The first-order chi connectivity index (χ1) is 9.10. The smallest absolute Gasteiger partial charge is 0.254 e. The van der Waals surface area contributed by atoms with Crippen molar-refractivity contribution in [3.05, 3.63) is 28.5 Å². The van der Waals surface area contributed by atoms with Gasteiger partial charge in [0.05, 0.1) is 6.54 Å². The number of carbonyl (C=O) groups excluding carboxylic acids is 1. The number of terminal acetylenes is 1. The number of halogens is 1. The Morgan fingerprint density at radius 3 is 2.68 bits per heavy atom. The van der Waals surface area contributed by atoms with Gasteiger partial charge in [0.25, 0.3) is 5.91 Å². The molecule has 0 saturated carbocycles. The quantitative estimate of drug-likeness (QED) is 0.606. The summed E-state index contributed by atoms with van der Waals surface area (Å²) in [7, 11) is 0. The molecule has 0 aliphatic carbocycles. The molecule has 0 radical (unpaired) electrons. The molecule has 0 atom stereocenters. The predicted octanol–water partition coefficient (Wildman–Crippen LogP) is 1.43. The van der Waals surface area contributed by atoms with Crippen molar-refractivity contribution >= 4 is 17.5 Å². The summed E-state index contributed by atoms with van der Waals surface area (Å²) >= 11 is 5.89. The third kappa shape index (κ3) is 3.46. The lowest BCUT2D eigenvalue weighted by Crippen LogP contribution is -2.48. The number of hydrogen-bond acceptors (Lipinski definition) is 3. The number of aryl methyl sites for hydroxylation is 1. The molecule has 100 valence electrons. The van der Waals surface area contributed by atoms with Crippen LogP contribution in [0.5, 0.6) is 0 Å². The maximum atomic E-state index is 12.3. The zero-order chi connectivity index (χ0) is 13.8. The molecule has 5 heteroatoms. The fraction of sp³-hybridized carbons (Fsp3) is 0.429. The van der Waals surface area contributed by atoms with Crippen molar-refractivity contribution in [1.29, 1.82) is 0 Å². The van der Waals surface area contributed by atoms with Gasteiger partial charge < -0.3 is 4.90 Å². The highest BCUT2D eigenvalue weighted by molar-refractivity contribution is 6.29. The van der Waals surface area contributed by atoms with Crippen molar-refractivity contribution in [3.8, 4) is 12.3 Å². The minimum absolute atomic E-state index is 0.00718. The molecule has 2 rings (SSSR count). The molecule has 2 heterocycles. The van der Waals surface area contributed by atoms with Crippen LogP contribution in [-0.2, 0) is 0 Å². The normalized spacial score (nSPS) is 16.2. The number of aromatic nitrogens is 1. The zero-order valence-corrected chi connectivity index (χ0v) is 11.7. The van der Waals surface area contributed by atoms with Gasteiger partial charge in [-0.1, -0.05) is 17.5 Å². The molecule has 0 N–H and O–H groups in total. The van der Waals surface area contributed by atoms with E-state index in [1.807, 2.05) is 11.8 Å². The summed E-state index contributed by atoms with van der Waals surface area (Å²) in [5.41, 5.74) is 1.35. The average molecular weight is 278 g/mol. The van der Waals surface area contributed by atoms with Crippen LogP contribution in [0.1, 0.15) is 16.1 Å². The lowest BCUT2D eigenvalue weighted by atomic mass is 10.2. The summed E-state index contributed by atoms with van der Waals surface area (Å²) in [5, 5.41) is 0.356. The Morgan fingerprint density at radius 1 is 1.42 bits per heavy atom. The monoisotopic (exact) mass is 277 g/mol. The number of rotatable bonds is 2. The van der Waals surface area contributed by atoms with Crippen LogP contribution in [0.4, 0.5) is 0 Å². The molecule has 1 saturated heterocycles. The lowest BCUT2D eigenvalue weighted by Gasteiger charge is -2.33. The molecule has 1 fully saturated rings. The number of hydrogen-bond donors (Lipinski definition) is 0. The Kier molecular flexibility index (Phi) is 4.41. The van der Waals surface area contributed by atoms with E-state index in [1.54, 1.807) is 12.1 Å². The van der Waals surface area contributed by atoms with Crippen molar-refractivity contribution in [2.45, 2.75) is 6.92 Å². The SMILES string of the molecule is C#CCN1CCN(C(=O)c2cc(C)nc(Cl)c2)CC1. The van der Waals surface area contributed by atoms with E-state index < -0.39 is 0 Å². The van der Waals surface area contributed by atoms with E-state index in [9.17, 15) is 4.79 Å². The second-order valence-corrected chi connectivity index (χ2v) is 4.98. The maximum absolute atomic E-state index is 12.3. The largest absolute Gasteiger partial charge is 0.336 e. The molecular weight excluding hydrogens is 262 g/mol. The van der Waals surface area contributed by atoms with Crippen molar-refractivity contribution in [1.82, 2.24) is 14.8 Å². The van der Waals surface area contributed by atoms with Crippen LogP contribution < -0.4 is 0 Å². The summed E-state index contributed by atoms with van der Waals surface area (Å²) < 4.78 is 0. The molecule has 0 unspecified atom stereocenters. The van der Waals surface area contributed by atoms with Gasteiger partial charge in [-0.2, -0.15) is 0 Å². The van der Waals surface area contributed by atoms with E-state index in [2.05, 4.69) is 15.8 Å². The van der Waals surface area contributed by atoms with Crippen LogP contribution >= 0.6 is 11.6 Å². The van der Waals surface area contributed by atoms with Gasteiger partial charge in [0.2, 0.25) is 0 Å². The molecule has 1 amide bonds. The lowest BCUT2D eigenvalue weighted by molar-refractivity contribution is 0.0652. The summed E-state index contributed by atoms with van der Waals surface area (Å²) in [6.07, 6.45) is 5.28. The summed E-state index contributed by atoms with van der Waals surface area (Å²) in [6, 6.07) is 3.38. The molecule has 1 aromatic rings. The van der Waals surface area contributed by atoms with E-state index in [-0.39, 0.29) is 5.91 Å². The second kappa shape index (κ2) is 6.05. The number of nitrogens with zero attached hydrogens (tertiary/aromatic N) is 3. The van der Waals surface area contributed by atoms with E-state index in [0.29, 0.717) is 30.4 Å². The predicted molar refractivity (Wildman–Crippen MR) is 75.2 cm³/mol. The standard InChI is InChI=1S/C14H16ClN3O/c1-3-4-17-5-7-18(8-6-17)14(19)12-9-11(2)16-13(15)10-12/h1,9-10H,4-8H2,2H3. The first kappa shape index (κ1) is 13.9. The fourth-order valence-corrected chi connectivity index (χ4v) is 2.42. The van der Waals surface area contributed by atoms with Crippen molar-refractivity contribution in [2.75, 3.05) is 32.7 Å². The first-order valence-corrected chi connectivity index (χ1v) is 6.57. The van der Waals surface area contributed by atoms with Gasteiger partial charge in [0, 0.05) is 37.4 Å². The molecule has 1 aliphatic heterocycles. The number of pyridine rings is 1. The molecule has 19 heavy (non-hydrogen) atoms. The minimum Gasteiger partial charge on any atom is -0.336 e. The zero-order valence-electron chi connectivity index (χ0n) is 10.9. The highest BCUT2D eigenvalue weighted by Crippen LogP contribution is 2.14. The third-order valence-corrected chi connectivity index (χ3v) is 3.34.